The van der Waals surface area contributed by atoms with E-state index in [9.17, 15) is 4.79 Å². The van der Waals surface area contributed by atoms with Gasteiger partial charge in [0.15, 0.2) is 0 Å². The molecule has 0 unspecified atom stereocenters. The number of hydrogen-bond donors (Lipinski definition) is 1. The number of amides is 1. The molecule has 2 fully saturated rings. The van der Waals surface area contributed by atoms with E-state index in [-0.39, 0.29) is 11.8 Å². The van der Waals surface area contributed by atoms with Crippen LogP contribution in [0, 0.1) is 23.2 Å². The Morgan fingerprint density at radius 3 is 2.47 bits per heavy atom. The number of rotatable bonds is 4. The van der Waals surface area contributed by atoms with Crippen LogP contribution in [0.4, 0.5) is 0 Å². The minimum Gasteiger partial charge on any atom is -0.346 e. The Kier molecular flexibility index (Phi) is 4.46. The smallest absolute Gasteiger partial charge is 0.225 e. The van der Waals surface area contributed by atoms with Gasteiger partial charge in [0, 0.05) is 19.5 Å². The second kappa shape index (κ2) is 5.92. The van der Waals surface area contributed by atoms with Gasteiger partial charge in [-0.05, 0) is 38.0 Å². The Balaban J connectivity index is 1.75. The molecule has 106 valence electrons. The Morgan fingerprint density at radius 2 is 2.00 bits per heavy atom. The van der Waals surface area contributed by atoms with E-state index in [1.54, 1.807) is 0 Å². The van der Waals surface area contributed by atoms with Crippen molar-refractivity contribution in [1.82, 2.24) is 4.90 Å². The average molecular weight is 263 g/mol. The first-order valence-electron chi connectivity index (χ1n) is 7.49. The molecule has 0 aromatic rings. The lowest BCUT2D eigenvalue weighted by molar-refractivity contribution is -0.135. The fourth-order valence-electron chi connectivity index (χ4n) is 3.07. The number of nitriles is 1. The molecule has 0 aromatic heterocycles. The molecule has 0 heterocycles. The van der Waals surface area contributed by atoms with Gasteiger partial charge in [0.2, 0.25) is 5.91 Å². The van der Waals surface area contributed by atoms with Gasteiger partial charge < -0.3 is 10.6 Å². The third-order valence-corrected chi connectivity index (χ3v) is 4.92. The molecular weight excluding hydrogens is 238 g/mol. The summed E-state index contributed by atoms with van der Waals surface area (Å²) in [4.78, 5) is 14.2. The van der Waals surface area contributed by atoms with E-state index in [2.05, 4.69) is 6.07 Å². The van der Waals surface area contributed by atoms with Gasteiger partial charge in [0.1, 0.15) is 5.54 Å². The molecule has 0 aliphatic heterocycles. The predicted molar refractivity (Wildman–Crippen MR) is 74.1 cm³/mol. The lowest BCUT2D eigenvalue weighted by atomic mass is 9.77. The van der Waals surface area contributed by atoms with Gasteiger partial charge in [-0.3, -0.25) is 4.79 Å². The highest BCUT2D eigenvalue weighted by Gasteiger charge is 2.35. The summed E-state index contributed by atoms with van der Waals surface area (Å²) in [5, 5.41) is 8.99. The van der Waals surface area contributed by atoms with Crippen molar-refractivity contribution in [2.75, 3.05) is 13.6 Å². The SMILES string of the molecule is CN(CCC1CCC1)C(=O)C1CCC(N)(C#N)CC1. The second-order valence-electron chi connectivity index (χ2n) is 6.39. The standard InChI is InChI=1S/C15H25N3O/c1-18(10-7-12-3-2-4-12)14(19)13-5-8-15(17,11-16)9-6-13/h12-13H,2-10,17H2,1H3. The first-order valence-corrected chi connectivity index (χ1v) is 7.49. The second-order valence-corrected chi connectivity index (χ2v) is 6.39. The van der Waals surface area contributed by atoms with Crippen molar-refractivity contribution in [3.05, 3.63) is 0 Å². The van der Waals surface area contributed by atoms with Crippen molar-refractivity contribution < 1.29 is 4.79 Å². The van der Waals surface area contributed by atoms with E-state index in [0.29, 0.717) is 12.8 Å². The zero-order valence-electron chi connectivity index (χ0n) is 11.9. The normalized spacial score (nSPS) is 31.3. The lowest BCUT2D eigenvalue weighted by Gasteiger charge is -2.34. The van der Waals surface area contributed by atoms with Crippen LogP contribution >= 0.6 is 0 Å². The maximum Gasteiger partial charge on any atom is 0.225 e. The molecule has 0 spiro atoms. The summed E-state index contributed by atoms with van der Waals surface area (Å²) < 4.78 is 0. The minimum absolute atomic E-state index is 0.0800. The van der Waals surface area contributed by atoms with Gasteiger partial charge >= 0.3 is 0 Å². The minimum atomic E-state index is -0.693. The van der Waals surface area contributed by atoms with Crippen LogP contribution in [0.3, 0.4) is 0 Å². The van der Waals surface area contributed by atoms with Crippen LogP contribution < -0.4 is 5.73 Å². The molecule has 4 heteroatoms. The Morgan fingerprint density at radius 1 is 1.37 bits per heavy atom. The molecule has 0 bridgehead atoms. The molecule has 2 aliphatic rings. The van der Waals surface area contributed by atoms with E-state index in [4.69, 9.17) is 11.0 Å². The summed E-state index contributed by atoms with van der Waals surface area (Å²) in [6.07, 6.45) is 8.00. The molecule has 2 N–H and O–H groups in total. The fraction of sp³-hybridized carbons (Fsp3) is 0.867. The van der Waals surface area contributed by atoms with Gasteiger partial charge in [-0.25, -0.2) is 0 Å². The van der Waals surface area contributed by atoms with E-state index < -0.39 is 5.54 Å². The summed E-state index contributed by atoms with van der Waals surface area (Å²) in [7, 11) is 1.91. The monoisotopic (exact) mass is 263 g/mol. The molecule has 1 amide bonds. The molecule has 0 atom stereocenters. The highest BCUT2D eigenvalue weighted by atomic mass is 16.2. The van der Waals surface area contributed by atoms with Gasteiger partial charge in [-0.2, -0.15) is 5.26 Å². The van der Waals surface area contributed by atoms with Crippen LogP contribution in [0.1, 0.15) is 51.4 Å². The lowest BCUT2D eigenvalue weighted by Crippen LogP contribution is -2.45. The van der Waals surface area contributed by atoms with E-state index in [1.807, 2.05) is 11.9 Å². The molecule has 4 nitrogen and oxygen atoms in total. The maximum atomic E-state index is 12.3. The third-order valence-electron chi connectivity index (χ3n) is 4.92. The predicted octanol–water partition coefficient (Wildman–Crippen LogP) is 2.05. The van der Waals surface area contributed by atoms with Crippen LogP contribution in [-0.4, -0.2) is 29.9 Å². The Labute approximate surface area is 115 Å². The van der Waals surface area contributed by atoms with Crippen molar-refractivity contribution in [2.45, 2.75) is 56.9 Å². The highest BCUT2D eigenvalue weighted by Crippen LogP contribution is 2.32. The molecule has 0 radical (unpaired) electrons. The van der Waals surface area contributed by atoms with Crippen molar-refractivity contribution in [3.8, 4) is 6.07 Å². The summed E-state index contributed by atoms with van der Waals surface area (Å²) >= 11 is 0. The summed E-state index contributed by atoms with van der Waals surface area (Å²) in [5.41, 5.74) is 5.24. The molecule has 0 saturated heterocycles. The quantitative estimate of drug-likeness (QED) is 0.844. The van der Waals surface area contributed by atoms with Gasteiger partial charge in [0.05, 0.1) is 6.07 Å². The topological polar surface area (TPSA) is 70.1 Å². The fourth-order valence-corrected chi connectivity index (χ4v) is 3.07. The molecule has 2 saturated carbocycles. The van der Waals surface area contributed by atoms with E-state index in [0.717, 1.165) is 31.7 Å². The average Bonchev–Trinajstić information content (AvgIpc) is 2.37. The molecular formula is C15H25N3O. The molecule has 2 rings (SSSR count). The zero-order valence-corrected chi connectivity index (χ0v) is 11.9. The third kappa shape index (κ3) is 3.48. The Bertz CT molecular complexity index is 362. The number of carbonyl (C=O) groups is 1. The summed E-state index contributed by atoms with van der Waals surface area (Å²) in [6, 6.07) is 2.18. The maximum absolute atomic E-state index is 12.3. The van der Waals surface area contributed by atoms with Crippen LogP contribution in [-0.2, 0) is 4.79 Å². The van der Waals surface area contributed by atoms with Crippen LogP contribution in [0.5, 0.6) is 0 Å². The number of hydrogen-bond acceptors (Lipinski definition) is 3. The van der Waals surface area contributed by atoms with E-state index >= 15 is 0 Å². The van der Waals surface area contributed by atoms with Crippen LogP contribution in [0.2, 0.25) is 0 Å². The van der Waals surface area contributed by atoms with Crippen molar-refractivity contribution in [3.63, 3.8) is 0 Å². The Hall–Kier alpha value is -1.08. The van der Waals surface area contributed by atoms with E-state index in [1.165, 1.54) is 19.3 Å². The van der Waals surface area contributed by atoms with Crippen molar-refractivity contribution in [1.29, 1.82) is 5.26 Å². The molecule has 19 heavy (non-hydrogen) atoms. The first-order chi connectivity index (χ1) is 9.04. The largest absolute Gasteiger partial charge is 0.346 e. The molecule has 2 aliphatic carbocycles. The van der Waals surface area contributed by atoms with Crippen LogP contribution in [0.25, 0.3) is 0 Å². The zero-order chi connectivity index (χ0) is 13.9. The van der Waals surface area contributed by atoms with Gasteiger partial charge in [0.25, 0.3) is 0 Å². The van der Waals surface area contributed by atoms with Gasteiger partial charge in [-0.1, -0.05) is 19.3 Å². The first kappa shape index (κ1) is 14.3. The van der Waals surface area contributed by atoms with Crippen molar-refractivity contribution >= 4 is 5.91 Å². The van der Waals surface area contributed by atoms with Gasteiger partial charge in [-0.15, -0.1) is 0 Å². The van der Waals surface area contributed by atoms with Crippen LogP contribution in [0.15, 0.2) is 0 Å². The summed E-state index contributed by atoms with van der Waals surface area (Å²) in [5.74, 6) is 1.17. The number of nitrogens with two attached hydrogens (primary N) is 1. The molecule has 0 aromatic carbocycles. The number of carbonyl (C=O) groups excluding carboxylic acids is 1. The highest BCUT2D eigenvalue weighted by molar-refractivity contribution is 5.78. The number of nitrogens with zero attached hydrogens (tertiary/aromatic N) is 2. The van der Waals surface area contributed by atoms with Crippen molar-refractivity contribution in [2.24, 2.45) is 17.6 Å². The summed E-state index contributed by atoms with van der Waals surface area (Å²) in [6.45, 7) is 0.881.